The number of nitrogens with one attached hydrogen (secondary N) is 1. The Morgan fingerprint density at radius 3 is 2.74 bits per heavy atom. The van der Waals surface area contributed by atoms with E-state index in [-0.39, 0.29) is 37.2 Å². The SMILES string of the molecule is CN(Cc1nc2ccc(Cl)cc2[nH]1)C(=O)C[C@]1(c2cccc(F)c2)CC(=O)N(C2CCCC2)C1=O. The van der Waals surface area contributed by atoms with E-state index in [0.717, 1.165) is 36.7 Å². The maximum Gasteiger partial charge on any atom is 0.241 e. The predicted octanol–water partition coefficient (Wildman–Crippen LogP) is 4.34. The maximum atomic E-state index is 14.2. The predicted molar refractivity (Wildman–Crippen MR) is 129 cm³/mol. The molecule has 0 radical (unpaired) electrons. The van der Waals surface area contributed by atoms with Gasteiger partial charge in [-0.1, -0.05) is 36.6 Å². The number of hydrogen-bond acceptors (Lipinski definition) is 4. The first-order valence-electron chi connectivity index (χ1n) is 11.8. The molecule has 7 nitrogen and oxygen atoms in total. The van der Waals surface area contributed by atoms with Crippen LogP contribution in [0.4, 0.5) is 4.39 Å². The van der Waals surface area contributed by atoms with Crippen LogP contribution in [0.15, 0.2) is 42.5 Å². The Bertz CT molecular complexity index is 1320. The molecule has 0 spiro atoms. The third-order valence-corrected chi connectivity index (χ3v) is 7.41. The van der Waals surface area contributed by atoms with E-state index in [4.69, 9.17) is 11.6 Å². The summed E-state index contributed by atoms with van der Waals surface area (Å²) in [7, 11) is 1.62. The minimum absolute atomic E-state index is 0.144. The minimum Gasteiger partial charge on any atom is -0.340 e. The van der Waals surface area contributed by atoms with Gasteiger partial charge in [0, 0.05) is 31.0 Å². The van der Waals surface area contributed by atoms with Crippen LogP contribution in [0.1, 0.15) is 49.9 Å². The average Bonchev–Trinajstić information content (AvgIpc) is 3.52. The molecule has 3 amide bonds. The van der Waals surface area contributed by atoms with Gasteiger partial charge in [0.05, 0.1) is 23.0 Å². The van der Waals surface area contributed by atoms with Crippen LogP contribution < -0.4 is 0 Å². The number of fused-ring (bicyclic) bond motifs is 1. The first-order chi connectivity index (χ1) is 16.8. The normalized spacial score (nSPS) is 20.8. The molecule has 9 heteroatoms. The fraction of sp³-hybridized carbons (Fsp3) is 0.385. The van der Waals surface area contributed by atoms with Crippen molar-refractivity contribution < 1.29 is 18.8 Å². The van der Waals surface area contributed by atoms with Gasteiger partial charge in [-0.15, -0.1) is 0 Å². The standard InChI is InChI=1S/C26H26ClFN4O3/c1-31(15-22-29-20-10-9-17(27)12-21(20)30-22)23(33)13-26(16-5-4-6-18(28)11-16)14-24(34)32(25(26)35)19-7-2-3-8-19/h4-6,9-12,19H,2-3,7-8,13-15H2,1H3,(H,29,30)/t26-/m1/s1. The van der Waals surface area contributed by atoms with Crippen LogP contribution in [-0.2, 0) is 26.3 Å². The zero-order valence-corrected chi connectivity index (χ0v) is 20.1. The molecule has 2 heterocycles. The monoisotopic (exact) mass is 496 g/mol. The molecular weight excluding hydrogens is 471 g/mol. The van der Waals surface area contributed by atoms with Gasteiger partial charge >= 0.3 is 0 Å². The highest BCUT2D eigenvalue weighted by Gasteiger charge is 2.55. The fourth-order valence-corrected chi connectivity index (χ4v) is 5.53. The second-order valence-corrected chi connectivity index (χ2v) is 9.98. The Kier molecular flexibility index (Phi) is 6.09. The van der Waals surface area contributed by atoms with E-state index >= 15 is 0 Å². The van der Waals surface area contributed by atoms with Gasteiger partial charge in [-0.05, 0) is 48.7 Å². The van der Waals surface area contributed by atoms with Crippen molar-refractivity contribution in [1.82, 2.24) is 19.8 Å². The summed E-state index contributed by atoms with van der Waals surface area (Å²) in [5, 5.41) is 0.574. The Balaban J connectivity index is 1.42. The Morgan fingerprint density at radius 1 is 1.23 bits per heavy atom. The van der Waals surface area contributed by atoms with Crippen LogP contribution in [0.2, 0.25) is 5.02 Å². The van der Waals surface area contributed by atoms with Crippen molar-refractivity contribution in [1.29, 1.82) is 0 Å². The first-order valence-corrected chi connectivity index (χ1v) is 12.2. The second kappa shape index (κ2) is 9.07. The number of imidazole rings is 1. The van der Waals surface area contributed by atoms with E-state index in [1.807, 2.05) is 0 Å². The fourth-order valence-electron chi connectivity index (χ4n) is 5.36. The lowest BCUT2D eigenvalue weighted by Gasteiger charge is -2.30. The highest BCUT2D eigenvalue weighted by Crippen LogP contribution is 2.43. The Hall–Kier alpha value is -3.26. The van der Waals surface area contributed by atoms with Crippen molar-refractivity contribution >= 4 is 40.4 Å². The third kappa shape index (κ3) is 4.31. The van der Waals surface area contributed by atoms with Crippen molar-refractivity contribution in [2.45, 2.75) is 56.5 Å². The molecule has 1 atom stereocenters. The van der Waals surface area contributed by atoms with Crippen molar-refractivity contribution in [3.8, 4) is 0 Å². The zero-order valence-electron chi connectivity index (χ0n) is 19.4. The van der Waals surface area contributed by atoms with E-state index in [9.17, 15) is 18.8 Å². The molecule has 2 aliphatic rings. The smallest absolute Gasteiger partial charge is 0.241 e. The topological polar surface area (TPSA) is 86.4 Å². The summed E-state index contributed by atoms with van der Waals surface area (Å²) in [6.07, 6.45) is 3.07. The first kappa shape index (κ1) is 23.5. The molecule has 0 unspecified atom stereocenters. The van der Waals surface area contributed by atoms with Crippen molar-refractivity contribution in [2.75, 3.05) is 7.05 Å². The molecule has 2 aromatic carbocycles. The molecule has 1 N–H and O–H groups in total. The summed E-state index contributed by atoms with van der Waals surface area (Å²) in [4.78, 5) is 50.7. The molecule has 35 heavy (non-hydrogen) atoms. The van der Waals surface area contributed by atoms with Crippen molar-refractivity contribution in [2.24, 2.45) is 0 Å². The van der Waals surface area contributed by atoms with Gasteiger partial charge in [-0.3, -0.25) is 19.3 Å². The summed E-state index contributed by atoms with van der Waals surface area (Å²) >= 11 is 6.05. The lowest BCUT2D eigenvalue weighted by molar-refractivity contribution is -0.144. The number of H-pyrrole nitrogens is 1. The average molecular weight is 497 g/mol. The highest BCUT2D eigenvalue weighted by molar-refractivity contribution is 6.31. The molecule has 5 rings (SSSR count). The van der Waals surface area contributed by atoms with Gasteiger partial charge in [0.15, 0.2) is 0 Å². The number of imide groups is 1. The van der Waals surface area contributed by atoms with Crippen LogP contribution in [0.25, 0.3) is 11.0 Å². The van der Waals surface area contributed by atoms with Crippen LogP contribution in [0, 0.1) is 5.82 Å². The number of hydrogen-bond donors (Lipinski definition) is 1. The van der Waals surface area contributed by atoms with E-state index in [2.05, 4.69) is 9.97 Å². The maximum absolute atomic E-state index is 14.2. The summed E-state index contributed by atoms with van der Waals surface area (Å²) in [5.41, 5.74) is 0.421. The molecular formula is C26H26ClFN4O3. The van der Waals surface area contributed by atoms with Gasteiger partial charge in [0.25, 0.3) is 0 Å². The molecule has 1 saturated heterocycles. The molecule has 1 saturated carbocycles. The largest absolute Gasteiger partial charge is 0.340 e. The quantitative estimate of drug-likeness (QED) is 0.514. The van der Waals surface area contributed by atoms with Crippen molar-refractivity contribution in [3.63, 3.8) is 0 Å². The molecule has 0 bridgehead atoms. The van der Waals surface area contributed by atoms with Gasteiger partial charge in [-0.25, -0.2) is 9.37 Å². The summed E-state index contributed by atoms with van der Waals surface area (Å²) in [5.74, 6) is -0.972. The molecule has 1 aliphatic heterocycles. The number of nitrogens with zero attached hydrogens (tertiary/aromatic N) is 3. The van der Waals surface area contributed by atoms with Gasteiger partial charge in [0.1, 0.15) is 11.6 Å². The van der Waals surface area contributed by atoms with E-state index in [1.54, 1.807) is 31.3 Å². The van der Waals surface area contributed by atoms with Crippen LogP contribution in [0.3, 0.4) is 0 Å². The van der Waals surface area contributed by atoms with Crippen molar-refractivity contribution in [3.05, 3.63) is 64.7 Å². The number of amides is 3. The second-order valence-electron chi connectivity index (χ2n) is 9.55. The Labute approximate surface area is 207 Å². The number of aromatic nitrogens is 2. The summed E-state index contributed by atoms with van der Waals surface area (Å²) in [6.45, 7) is 0.179. The van der Waals surface area contributed by atoms with Gasteiger partial charge in [-0.2, -0.15) is 0 Å². The minimum atomic E-state index is -1.42. The molecule has 1 aliphatic carbocycles. The highest BCUT2D eigenvalue weighted by atomic mass is 35.5. The number of carbonyl (C=O) groups excluding carboxylic acids is 3. The number of likely N-dealkylation sites (tertiary alicyclic amines) is 1. The molecule has 2 fully saturated rings. The van der Waals surface area contributed by atoms with E-state index < -0.39 is 17.1 Å². The molecule has 182 valence electrons. The number of aromatic amines is 1. The third-order valence-electron chi connectivity index (χ3n) is 7.18. The lowest BCUT2D eigenvalue weighted by Crippen LogP contribution is -2.45. The lowest BCUT2D eigenvalue weighted by atomic mass is 9.75. The van der Waals surface area contributed by atoms with Gasteiger partial charge < -0.3 is 9.88 Å². The molecule has 1 aromatic heterocycles. The van der Waals surface area contributed by atoms with Crippen LogP contribution >= 0.6 is 11.6 Å². The van der Waals surface area contributed by atoms with E-state index in [0.29, 0.717) is 16.4 Å². The van der Waals surface area contributed by atoms with Crippen LogP contribution in [0.5, 0.6) is 0 Å². The summed E-state index contributed by atoms with van der Waals surface area (Å²) in [6, 6.07) is 10.8. The number of carbonyl (C=O) groups is 3. The number of rotatable bonds is 6. The number of halogens is 2. The van der Waals surface area contributed by atoms with E-state index in [1.165, 1.54) is 28.0 Å². The number of benzene rings is 2. The van der Waals surface area contributed by atoms with Gasteiger partial charge in [0.2, 0.25) is 17.7 Å². The summed E-state index contributed by atoms with van der Waals surface area (Å²) < 4.78 is 14.2. The molecule has 3 aromatic rings. The van der Waals surface area contributed by atoms with Crippen LogP contribution in [-0.4, -0.2) is 50.6 Å². The Morgan fingerprint density at radius 2 is 2.00 bits per heavy atom. The zero-order chi connectivity index (χ0) is 24.7.